The monoisotopic (exact) mass is 316 g/mol. The van der Waals surface area contributed by atoms with Crippen LogP contribution >= 0.6 is 0 Å². The number of aromatic carboxylic acids is 1. The number of aromatic amines is 1. The second-order valence-corrected chi connectivity index (χ2v) is 5.32. The summed E-state index contributed by atoms with van der Waals surface area (Å²) in [5, 5.41) is 15.1. The Labute approximate surface area is 132 Å². The fraction of sp³-hybridized carbons (Fsp3) is 0.333. The molecule has 120 valence electrons. The fourth-order valence-corrected chi connectivity index (χ4v) is 2.51. The molecule has 0 bridgehead atoms. The van der Waals surface area contributed by atoms with Gasteiger partial charge < -0.3 is 14.7 Å². The van der Waals surface area contributed by atoms with Crippen molar-refractivity contribution in [2.45, 2.75) is 18.9 Å². The molecule has 0 unspecified atom stereocenters. The molecule has 1 aromatic heterocycles. The molecule has 0 radical (unpaired) electrons. The molecule has 1 amide bonds. The van der Waals surface area contributed by atoms with Gasteiger partial charge in [0, 0.05) is 19.0 Å². The number of carboxylic acids is 1. The first kappa shape index (κ1) is 15.0. The zero-order valence-corrected chi connectivity index (χ0v) is 12.3. The van der Waals surface area contributed by atoms with Gasteiger partial charge >= 0.3 is 12.1 Å². The van der Waals surface area contributed by atoms with Crippen molar-refractivity contribution >= 4 is 12.1 Å². The summed E-state index contributed by atoms with van der Waals surface area (Å²) in [5.41, 5.74) is 0.929. The summed E-state index contributed by atoms with van der Waals surface area (Å²) in [5.74, 6) is -1.00. The first-order valence-corrected chi connectivity index (χ1v) is 7.24. The lowest BCUT2D eigenvalue weighted by atomic mass is 10.1. The van der Waals surface area contributed by atoms with Gasteiger partial charge in [-0.25, -0.2) is 14.6 Å². The number of hydrogen-bond donors (Lipinski definition) is 2. The molecule has 1 aliphatic heterocycles. The van der Waals surface area contributed by atoms with Crippen LogP contribution in [0.25, 0.3) is 0 Å². The average molecular weight is 316 g/mol. The molecule has 1 aromatic carbocycles. The summed E-state index contributed by atoms with van der Waals surface area (Å²) in [4.78, 5) is 28.4. The largest absolute Gasteiger partial charge is 0.475 e. The number of amides is 1. The summed E-state index contributed by atoms with van der Waals surface area (Å²) < 4.78 is 5.29. The lowest BCUT2D eigenvalue weighted by Gasteiger charge is -2.15. The third-order valence-corrected chi connectivity index (χ3v) is 3.73. The van der Waals surface area contributed by atoms with E-state index >= 15 is 0 Å². The maximum Gasteiger partial charge on any atom is 0.410 e. The number of hydrogen-bond acceptors (Lipinski definition) is 5. The van der Waals surface area contributed by atoms with E-state index < -0.39 is 5.97 Å². The maximum atomic E-state index is 12.1. The third kappa shape index (κ3) is 3.47. The van der Waals surface area contributed by atoms with Crippen LogP contribution in [0.15, 0.2) is 30.3 Å². The lowest BCUT2D eigenvalue weighted by Crippen LogP contribution is -2.29. The standard InChI is InChI=1S/C15H16N4O4/c20-14(21)13-16-12(17-18-13)11-6-7-19(8-11)15(22)23-9-10-4-2-1-3-5-10/h1-5,11H,6-9H2,(H,20,21)(H,16,17,18)/t11-/m0/s1. The van der Waals surface area contributed by atoms with Crippen LogP contribution in [0, 0.1) is 0 Å². The molecule has 1 saturated heterocycles. The van der Waals surface area contributed by atoms with Crippen LogP contribution in [-0.4, -0.2) is 50.3 Å². The van der Waals surface area contributed by atoms with Gasteiger partial charge in [-0.05, 0) is 12.0 Å². The molecule has 1 fully saturated rings. The minimum Gasteiger partial charge on any atom is -0.475 e. The maximum absolute atomic E-state index is 12.1. The fourth-order valence-electron chi connectivity index (χ4n) is 2.51. The van der Waals surface area contributed by atoms with Gasteiger partial charge in [-0.3, -0.25) is 5.10 Å². The predicted octanol–water partition coefficient (Wildman–Crippen LogP) is 1.63. The molecule has 2 N–H and O–H groups in total. The average Bonchev–Trinajstić information content (AvgIpc) is 3.22. The number of nitrogens with one attached hydrogen (secondary N) is 1. The van der Waals surface area contributed by atoms with E-state index in [1.165, 1.54) is 0 Å². The molecule has 1 aliphatic rings. The minimum absolute atomic E-state index is 0.0557. The summed E-state index contributed by atoms with van der Waals surface area (Å²) in [6, 6.07) is 9.46. The summed E-state index contributed by atoms with van der Waals surface area (Å²) in [6.45, 7) is 1.20. The Hall–Kier alpha value is -2.90. The van der Waals surface area contributed by atoms with Crippen LogP contribution in [0.4, 0.5) is 4.79 Å². The number of carbonyl (C=O) groups excluding carboxylic acids is 1. The van der Waals surface area contributed by atoms with E-state index in [1.54, 1.807) is 4.90 Å². The number of likely N-dealkylation sites (tertiary alicyclic amines) is 1. The zero-order chi connectivity index (χ0) is 16.2. The van der Waals surface area contributed by atoms with Crippen LogP contribution in [0.1, 0.15) is 34.3 Å². The molecule has 2 heterocycles. The lowest BCUT2D eigenvalue weighted by molar-refractivity contribution is 0.0683. The number of rotatable bonds is 4. The Kier molecular flexibility index (Phi) is 4.22. The number of carbonyl (C=O) groups is 2. The van der Waals surface area contributed by atoms with Crippen molar-refractivity contribution in [1.82, 2.24) is 20.1 Å². The third-order valence-electron chi connectivity index (χ3n) is 3.73. The number of H-pyrrole nitrogens is 1. The predicted molar refractivity (Wildman–Crippen MR) is 78.9 cm³/mol. The number of carboxylic acid groups (broad SMARTS) is 1. The first-order valence-electron chi connectivity index (χ1n) is 7.24. The zero-order valence-electron chi connectivity index (χ0n) is 12.3. The molecule has 23 heavy (non-hydrogen) atoms. The Bertz CT molecular complexity index is 701. The molecule has 3 rings (SSSR count). The molecule has 2 aromatic rings. The Morgan fingerprint density at radius 2 is 2.13 bits per heavy atom. The Balaban J connectivity index is 1.54. The SMILES string of the molecule is O=C(O)c1n[nH]c([C@H]2CCN(C(=O)OCc3ccccc3)C2)n1. The van der Waals surface area contributed by atoms with Crippen molar-refractivity contribution < 1.29 is 19.4 Å². The van der Waals surface area contributed by atoms with Crippen molar-refractivity contribution in [2.75, 3.05) is 13.1 Å². The normalized spacial score (nSPS) is 17.2. The highest BCUT2D eigenvalue weighted by Gasteiger charge is 2.30. The summed E-state index contributed by atoms with van der Waals surface area (Å²) in [6.07, 6.45) is 0.309. The number of nitrogens with zero attached hydrogens (tertiary/aromatic N) is 3. The second kappa shape index (κ2) is 6.47. The van der Waals surface area contributed by atoms with Gasteiger partial charge in [0.05, 0.1) is 0 Å². The van der Waals surface area contributed by atoms with E-state index in [1.807, 2.05) is 30.3 Å². The smallest absolute Gasteiger partial charge is 0.410 e. The van der Waals surface area contributed by atoms with E-state index in [2.05, 4.69) is 15.2 Å². The van der Waals surface area contributed by atoms with Gasteiger partial charge in [-0.15, -0.1) is 5.10 Å². The highest BCUT2D eigenvalue weighted by Crippen LogP contribution is 2.25. The van der Waals surface area contributed by atoms with E-state index in [0.717, 1.165) is 5.56 Å². The first-order chi connectivity index (χ1) is 11.1. The van der Waals surface area contributed by atoms with Crippen molar-refractivity contribution in [3.63, 3.8) is 0 Å². The summed E-state index contributed by atoms with van der Waals surface area (Å²) in [7, 11) is 0. The molecular weight excluding hydrogens is 300 g/mol. The topological polar surface area (TPSA) is 108 Å². The molecule has 8 heteroatoms. The van der Waals surface area contributed by atoms with Gasteiger partial charge in [-0.1, -0.05) is 30.3 Å². The highest BCUT2D eigenvalue weighted by atomic mass is 16.6. The van der Waals surface area contributed by atoms with Gasteiger partial charge in [0.1, 0.15) is 12.4 Å². The van der Waals surface area contributed by atoms with Gasteiger partial charge in [0.25, 0.3) is 5.82 Å². The van der Waals surface area contributed by atoms with E-state index in [0.29, 0.717) is 25.3 Å². The van der Waals surface area contributed by atoms with Crippen LogP contribution in [0.2, 0.25) is 0 Å². The molecule has 8 nitrogen and oxygen atoms in total. The molecule has 0 aliphatic carbocycles. The molecule has 0 spiro atoms. The van der Waals surface area contributed by atoms with Crippen molar-refractivity contribution in [3.05, 3.63) is 47.5 Å². The van der Waals surface area contributed by atoms with Crippen LogP contribution in [0.5, 0.6) is 0 Å². The molecule has 1 atom stereocenters. The number of benzene rings is 1. The van der Waals surface area contributed by atoms with Gasteiger partial charge in [-0.2, -0.15) is 0 Å². The molecule has 0 saturated carbocycles. The van der Waals surface area contributed by atoms with E-state index in [-0.39, 0.29) is 24.4 Å². The van der Waals surface area contributed by atoms with E-state index in [4.69, 9.17) is 9.84 Å². The van der Waals surface area contributed by atoms with E-state index in [9.17, 15) is 9.59 Å². The van der Waals surface area contributed by atoms with Crippen LogP contribution < -0.4 is 0 Å². The second-order valence-electron chi connectivity index (χ2n) is 5.32. The Morgan fingerprint density at radius 1 is 1.35 bits per heavy atom. The Morgan fingerprint density at radius 3 is 2.83 bits per heavy atom. The number of ether oxygens (including phenoxy) is 1. The van der Waals surface area contributed by atoms with Gasteiger partial charge in [0.2, 0.25) is 0 Å². The number of aromatic nitrogens is 3. The van der Waals surface area contributed by atoms with Crippen LogP contribution in [-0.2, 0) is 11.3 Å². The summed E-state index contributed by atoms with van der Waals surface area (Å²) >= 11 is 0. The molecular formula is C15H16N4O4. The van der Waals surface area contributed by atoms with Gasteiger partial charge in [0.15, 0.2) is 0 Å². The highest BCUT2D eigenvalue weighted by molar-refractivity contribution is 5.82. The van der Waals surface area contributed by atoms with Crippen molar-refractivity contribution in [1.29, 1.82) is 0 Å². The van der Waals surface area contributed by atoms with Crippen molar-refractivity contribution in [3.8, 4) is 0 Å². The van der Waals surface area contributed by atoms with Crippen LogP contribution in [0.3, 0.4) is 0 Å². The van der Waals surface area contributed by atoms with Crippen molar-refractivity contribution in [2.24, 2.45) is 0 Å². The minimum atomic E-state index is -1.18. The quantitative estimate of drug-likeness (QED) is 0.887.